The van der Waals surface area contributed by atoms with Crippen molar-refractivity contribution < 1.29 is 9.47 Å². The third kappa shape index (κ3) is 3.64. The van der Waals surface area contributed by atoms with E-state index in [1.54, 1.807) is 19.5 Å². The summed E-state index contributed by atoms with van der Waals surface area (Å²) in [4.78, 5) is 8.34. The quantitative estimate of drug-likeness (QED) is 0.784. The highest BCUT2D eigenvalue weighted by atomic mass is 16.5. The molecule has 2 atom stereocenters. The van der Waals surface area contributed by atoms with E-state index in [2.05, 4.69) is 16.9 Å². The van der Waals surface area contributed by atoms with Crippen molar-refractivity contribution in [2.45, 2.75) is 38.8 Å². The Morgan fingerprint density at radius 1 is 1.29 bits per heavy atom. The monoisotopic (exact) mass is 239 g/mol. The van der Waals surface area contributed by atoms with E-state index in [0.29, 0.717) is 18.2 Å². The van der Waals surface area contributed by atoms with Crippen LogP contribution in [0.3, 0.4) is 0 Å². The van der Waals surface area contributed by atoms with Gasteiger partial charge in [0.2, 0.25) is 5.88 Å². The number of hydrogen-bond donors (Lipinski definition) is 1. The summed E-state index contributed by atoms with van der Waals surface area (Å²) in [6, 6.07) is -0.307. The summed E-state index contributed by atoms with van der Waals surface area (Å²) in [5.74, 6) is 0.473. The van der Waals surface area contributed by atoms with E-state index in [1.165, 1.54) is 0 Å². The highest BCUT2D eigenvalue weighted by Crippen LogP contribution is 2.24. The Bertz CT molecular complexity index is 327. The molecule has 96 valence electrons. The summed E-state index contributed by atoms with van der Waals surface area (Å²) >= 11 is 0. The average Bonchev–Trinajstić information content (AvgIpc) is 2.37. The van der Waals surface area contributed by atoms with Crippen molar-refractivity contribution in [3.05, 3.63) is 18.1 Å². The first-order valence-corrected chi connectivity index (χ1v) is 5.96. The van der Waals surface area contributed by atoms with E-state index in [-0.39, 0.29) is 12.1 Å². The van der Waals surface area contributed by atoms with Crippen LogP contribution in [-0.2, 0) is 4.74 Å². The molecule has 0 amide bonds. The molecule has 1 aromatic rings. The lowest BCUT2D eigenvalue weighted by molar-refractivity contribution is 0.0357. The second kappa shape index (κ2) is 7.19. The van der Waals surface area contributed by atoms with Gasteiger partial charge in [-0.15, -0.1) is 0 Å². The summed E-state index contributed by atoms with van der Waals surface area (Å²) in [5, 5.41) is 0. The topological polar surface area (TPSA) is 70.3 Å². The van der Waals surface area contributed by atoms with Gasteiger partial charge in [-0.3, -0.25) is 4.98 Å². The maximum Gasteiger partial charge on any atom is 0.237 e. The van der Waals surface area contributed by atoms with Gasteiger partial charge in [-0.25, -0.2) is 4.98 Å². The number of nitrogens with two attached hydrogens (primary N) is 1. The lowest BCUT2D eigenvalue weighted by Crippen LogP contribution is -2.30. The first-order valence-electron chi connectivity index (χ1n) is 5.96. The molecule has 2 N–H and O–H groups in total. The lowest BCUT2D eigenvalue weighted by atomic mass is 10.0. The molecule has 0 fully saturated rings. The largest absolute Gasteiger partial charge is 0.480 e. The number of nitrogens with zero attached hydrogens (tertiary/aromatic N) is 2. The van der Waals surface area contributed by atoms with E-state index < -0.39 is 0 Å². The predicted molar refractivity (Wildman–Crippen MR) is 65.8 cm³/mol. The van der Waals surface area contributed by atoms with Crippen LogP contribution in [0.2, 0.25) is 0 Å². The zero-order valence-electron chi connectivity index (χ0n) is 10.7. The molecule has 0 saturated heterocycles. The zero-order chi connectivity index (χ0) is 12.7. The molecule has 0 bridgehead atoms. The summed E-state index contributed by atoms with van der Waals surface area (Å²) in [6.07, 6.45) is 5.07. The van der Waals surface area contributed by atoms with E-state index >= 15 is 0 Å². The summed E-state index contributed by atoms with van der Waals surface area (Å²) in [7, 11) is 1.57. The SMILES string of the molecule is CCCC(OCC)C(N)c1nccnc1OC. The predicted octanol–water partition coefficient (Wildman–Crippen LogP) is 1.69. The summed E-state index contributed by atoms with van der Waals surface area (Å²) in [6.45, 7) is 4.71. The molecule has 0 radical (unpaired) electrons. The Morgan fingerprint density at radius 2 is 2.00 bits per heavy atom. The normalized spacial score (nSPS) is 14.4. The number of hydrogen-bond acceptors (Lipinski definition) is 5. The molecule has 0 spiro atoms. The Kier molecular flexibility index (Phi) is 5.86. The zero-order valence-corrected chi connectivity index (χ0v) is 10.7. The van der Waals surface area contributed by atoms with Crippen molar-refractivity contribution in [2.24, 2.45) is 5.73 Å². The molecular formula is C12H21N3O2. The van der Waals surface area contributed by atoms with E-state index in [1.807, 2.05) is 6.92 Å². The summed E-state index contributed by atoms with van der Waals surface area (Å²) < 4.78 is 10.8. The molecule has 1 aromatic heterocycles. The Morgan fingerprint density at radius 3 is 2.59 bits per heavy atom. The van der Waals surface area contributed by atoms with Crippen LogP contribution >= 0.6 is 0 Å². The minimum Gasteiger partial charge on any atom is -0.480 e. The molecule has 5 heteroatoms. The van der Waals surface area contributed by atoms with Crippen molar-refractivity contribution in [3.63, 3.8) is 0 Å². The Labute approximate surface area is 102 Å². The Balaban J connectivity index is 2.87. The molecule has 0 aromatic carbocycles. The van der Waals surface area contributed by atoms with Gasteiger partial charge in [0.05, 0.1) is 19.3 Å². The van der Waals surface area contributed by atoms with Gasteiger partial charge in [0.1, 0.15) is 5.69 Å². The maximum absolute atomic E-state index is 6.18. The first-order chi connectivity index (χ1) is 8.24. The van der Waals surface area contributed by atoms with Crippen LogP contribution in [0.25, 0.3) is 0 Å². The van der Waals surface area contributed by atoms with E-state index in [9.17, 15) is 0 Å². The van der Waals surface area contributed by atoms with Crippen molar-refractivity contribution in [2.75, 3.05) is 13.7 Å². The van der Waals surface area contributed by atoms with Gasteiger partial charge in [-0.1, -0.05) is 13.3 Å². The second-order valence-corrected chi connectivity index (χ2v) is 3.76. The molecule has 5 nitrogen and oxygen atoms in total. The minimum absolute atomic E-state index is 0.0457. The third-order valence-electron chi connectivity index (χ3n) is 2.55. The molecule has 2 unspecified atom stereocenters. The van der Waals surface area contributed by atoms with Crippen molar-refractivity contribution >= 4 is 0 Å². The fourth-order valence-corrected chi connectivity index (χ4v) is 1.76. The van der Waals surface area contributed by atoms with Crippen molar-refractivity contribution in [1.82, 2.24) is 9.97 Å². The van der Waals surface area contributed by atoms with Gasteiger partial charge in [0, 0.05) is 19.0 Å². The molecule has 0 aliphatic heterocycles. The standard InChI is InChI=1S/C12H21N3O2/c1-4-6-9(17-5-2)10(13)11-12(16-3)15-8-7-14-11/h7-10H,4-6,13H2,1-3H3. The van der Waals surface area contributed by atoms with Gasteiger partial charge in [-0.2, -0.15) is 0 Å². The van der Waals surface area contributed by atoms with Crippen LogP contribution in [0.4, 0.5) is 0 Å². The minimum atomic E-state index is -0.307. The van der Waals surface area contributed by atoms with E-state index in [4.69, 9.17) is 15.2 Å². The van der Waals surface area contributed by atoms with Gasteiger partial charge in [0.25, 0.3) is 0 Å². The highest BCUT2D eigenvalue weighted by molar-refractivity contribution is 5.21. The number of aromatic nitrogens is 2. The average molecular weight is 239 g/mol. The van der Waals surface area contributed by atoms with Gasteiger partial charge in [0.15, 0.2) is 0 Å². The highest BCUT2D eigenvalue weighted by Gasteiger charge is 2.24. The first kappa shape index (κ1) is 13.9. The van der Waals surface area contributed by atoms with Crippen LogP contribution in [0.1, 0.15) is 38.4 Å². The molecule has 1 rings (SSSR count). The number of methoxy groups -OCH3 is 1. The van der Waals surface area contributed by atoms with Gasteiger partial charge in [-0.05, 0) is 13.3 Å². The Hall–Kier alpha value is -1.20. The van der Waals surface area contributed by atoms with Crippen LogP contribution in [0.15, 0.2) is 12.4 Å². The molecule has 0 aliphatic rings. The molecular weight excluding hydrogens is 218 g/mol. The van der Waals surface area contributed by atoms with Gasteiger partial charge >= 0.3 is 0 Å². The molecule has 17 heavy (non-hydrogen) atoms. The third-order valence-corrected chi connectivity index (χ3v) is 2.55. The van der Waals surface area contributed by atoms with Gasteiger partial charge < -0.3 is 15.2 Å². The summed E-state index contributed by atoms with van der Waals surface area (Å²) in [5.41, 5.74) is 6.83. The molecule has 0 saturated carbocycles. The van der Waals surface area contributed by atoms with Crippen LogP contribution < -0.4 is 10.5 Å². The van der Waals surface area contributed by atoms with E-state index in [0.717, 1.165) is 12.8 Å². The maximum atomic E-state index is 6.18. The molecule has 0 aliphatic carbocycles. The van der Waals surface area contributed by atoms with Crippen LogP contribution in [0.5, 0.6) is 5.88 Å². The smallest absolute Gasteiger partial charge is 0.237 e. The molecule has 1 heterocycles. The second-order valence-electron chi connectivity index (χ2n) is 3.76. The fourth-order valence-electron chi connectivity index (χ4n) is 1.76. The number of ether oxygens (including phenoxy) is 2. The lowest BCUT2D eigenvalue weighted by Gasteiger charge is -2.23. The van der Waals surface area contributed by atoms with Crippen LogP contribution in [0, 0.1) is 0 Å². The van der Waals surface area contributed by atoms with Crippen LogP contribution in [-0.4, -0.2) is 29.8 Å². The fraction of sp³-hybridized carbons (Fsp3) is 0.667. The van der Waals surface area contributed by atoms with Crippen molar-refractivity contribution in [3.8, 4) is 5.88 Å². The van der Waals surface area contributed by atoms with Crippen molar-refractivity contribution in [1.29, 1.82) is 0 Å². The number of rotatable bonds is 7.